The van der Waals surface area contributed by atoms with E-state index < -0.39 is 0 Å². The van der Waals surface area contributed by atoms with E-state index in [1.165, 1.54) is 16.8 Å². The quantitative estimate of drug-likeness (QED) is 0.672. The van der Waals surface area contributed by atoms with Crippen molar-refractivity contribution < 1.29 is 4.74 Å². The number of benzene rings is 2. The third kappa shape index (κ3) is 5.50. The molecule has 1 aliphatic rings. The molecule has 0 unspecified atom stereocenters. The van der Waals surface area contributed by atoms with Gasteiger partial charge >= 0.3 is 0 Å². The number of halogens is 2. The fourth-order valence-electron chi connectivity index (χ4n) is 2.91. The van der Waals surface area contributed by atoms with Gasteiger partial charge in [-0.3, -0.25) is 4.90 Å². The highest BCUT2D eigenvalue weighted by molar-refractivity contribution is 8.93. The highest BCUT2D eigenvalue weighted by Gasteiger charge is 2.17. The Balaban J connectivity index is 0.00000144. The number of hydrogen-bond donors (Lipinski definition) is 0. The molecule has 1 heterocycles. The summed E-state index contributed by atoms with van der Waals surface area (Å²) in [7, 11) is 1.71. The number of methoxy groups -OCH3 is 1. The van der Waals surface area contributed by atoms with Gasteiger partial charge in [0.1, 0.15) is 5.75 Å². The lowest BCUT2D eigenvalue weighted by molar-refractivity contribution is 0.250. The molecule has 24 heavy (non-hydrogen) atoms. The third-order valence-corrected chi connectivity index (χ3v) is 4.34. The Morgan fingerprint density at radius 2 is 1.42 bits per heavy atom. The smallest absolute Gasteiger partial charge is 0.119 e. The van der Waals surface area contributed by atoms with Crippen LogP contribution in [0.2, 0.25) is 0 Å². The molecule has 5 heteroatoms. The molecule has 0 atom stereocenters. The van der Waals surface area contributed by atoms with Crippen LogP contribution in [0.4, 0.5) is 5.69 Å². The number of hydrogen-bond acceptors (Lipinski definition) is 3. The van der Waals surface area contributed by atoms with Gasteiger partial charge in [-0.1, -0.05) is 29.8 Å². The molecule has 0 spiro atoms. The first-order valence-corrected chi connectivity index (χ1v) is 7.91. The SMILES string of the molecule is Br.Br.COc1ccc(N2CCN(Cc3ccc(C)cc3)CC2)cc1. The van der Waals surface area contributed by atoms with Crippen molar-refractivity contribution in [2.75, 3.05) is 38.2 Å². The maximum Gasteiger partial charge on any atom is 0.119 e. The van der Waals surface area contributed by atoms with Crippen LogP contribution in [0.15, 0.2) is 48.5 Å². The summed E-state index contributed by atoms with van der Waals surface area (Å²) >= 11 is 0. The molecule has 0 saturated carbocycles. The van der Waals surface area contributed by atoms with Gasteiger partial charge < -0.3 is 9.64 Å². The van der Waals surface area contributed by atoms with Gasteiger partial charge in [0.05, 0.1) is 7.11 Å². The topological polar surface area (TPSA) is 15.7 Å². The molecule has 2 aromatic rings. The molecule has 0 aliphatic carbocycles. The van der Waals surface area contributed by atoms with Crippen molar-refractivity contribution in [3.05, 3.63) is 59.7 Å². The van der Waals surface area contributed by atoms with Gasteiger partial charge in [0.25, 0.3) is 0 Å². The normalized spacial score (nSPS) is 14.5. The first kappa shape index (κ1) is 21.0. The van der Waals surface area contributed by atoms with Gasteiger partial charge in [-0.05, 0) is 36.8 Å². The third-order valence-electron chi connectivity index (χ3n) is 4.34. The number of anilines is 1. The highest BCUT2D eigenvalue weighted by atomic mass is 79.9. The minimum Gasteiger partial charge on any atom is -0.497 e. The second-order valence-electron chi connectivity index (χ2n) is 5.95. The largest absolute Gasteiger partial charge is 0.497 e. The Hall–Kier alpha value is -1.04. The van der Waals surface area contributed by atoms with Gasteiger partial charge in [0.15, 0.2) is 0 Å². The van der Waals surface area contributed by atoms with E-state index in [1.54, 1.807) is 7.11 Å². The highest BCUT2D eigenvalue weighted by Crippen LogP contribution is 2.21. The molecule has 0 aromatic heterocycles. The fourth-order valence-corrected chi connectivity index (χ4v) is 2.91. The van der Waals surface area contributed by atoms with Crippen LogP contribution in [0, 0.1) is 6.92 Å². The van der Waals surface area contributed by atoms with Gasteiger partial charge in [0, 0.05) is 38.4 Å². The minimum absolute atomic E-state index is 0. The zero-order valence-corrected chi connectivity index (χ0v) is 17.7. The summed E-state index contributed by atoms with van der Waals surface area (Å²) in [5.74, 6) is 0.918. The Morgan fingerprint density at radius 1 is 0.833 bits per heavy atom. The lowest BCUT2D eigenvalue weighted by Crippen LogP contribution is -2.45. The van der Waals surface area contributed by atoms with E-state index in [0.29, 0.717) is 0 Å². The number of aryl methyl sites for hydroxylation is 1. The van der Waals surface area contributed by atoms with Crippen molar-refractivity contribution in [2.24, 2.45) is 0 Å². The molecule has 2 aromatic carbocycles. The Labute approximate surface area is 166 Å². The van der Waals surface area contributed by atoms with Gasteiger partial charge in [0.2, 0.25) is 0 Å². The van der Waals surface area contributed by atoms with Crippen LogP contribution in [0.1, 0.15) is 11.1 Å². The zero-order chi connectivity index (χ0) is 15.4. The molecule has 0 N–H and O–H groups in total. The average Bonchev–Trinajstić information content (AvgIpc) is 2.58. The van der Waals surface area contributed by atoms with E-state index in [9.17, 15) is 0 Å². The Kier molecular flexibility index (Phi) is 8.81. The van der Waals surface area contributed by atoms with E-state index >= 15 is 0 Å². The first-order chi connectivity index (χ1) is 10.7. The number of rotatable bonds is 4. The predicted octanol–water partition coefficient (Wildman–Crippen LogP) is 4.48. The van der Waals surface area contributed by atoms with E-state index in [4.69, 9.17) is 4.74 Å². The zero-order valence-electron chi connectivity index (χ0n) is 14.3. The molecule has 3 rings (SSSR count). The lowest BCUT2D eigenvalue weighted by Gasteiger charge is -2.36. The van der Waals surface area contributed by atoms with Crippen LogP contribution in [0.3, 0.4) is 0 Å². The molecular weight excluding hydrogens is 432 g/mol. The predicted molar refractivity (Wildman–Crippen MR) is 112 cm³/mol. The summed E-state index contributed by atoms with van der Waals surface area (Å²) in [4.78, 5) is 4.98. The Morgan fingerprint density at radius 3 is 1.96 bits per heavy atom. The first-order valence-electron chi connectivity index (χ1n) is 7.91. The van der Waals surface area contributed by atoms with Crippen molar-refractivity contribution in [1.29, 1.82) is 0 Å². The van der Waals surface area contributed by atoms with Crippen molar-refractivity contribution in [1.82, 2.24) is 4.90 Å². The van der Waals surface area contributed by atoms with Crippen LogP contribution in [-0.4, -0.2) is 38.2 Å². The number of piperazine rings is 1. The molecule has 1 aliphatic heterocycles. The molecule has 1 fully saturated rings. The summed E-state index contributed by atoms with van der Waals surface area (Å²) in [5, 5.41) is 0. The van der Waals surface area contributed by atoms with Gasteiger partial charge in [-0.25, -0.2) is 0 Å². The summed E-state index contributed by atoms with van der Waals surface area (Å²) in [6, 6.07) is 17.2. The van der Waals surface area contributed by atoms with E-state index in [2.05, 4.69) is 53.1 Å². The van der Waals surface area contributed by atoms with Crippen LogP contribution >= 0.6 is 34.0 Å². The molecule has 3 nitrogen and oxygen atoms in total. The summed E-state index contributed by atoms with van der Waals surface area (Å²) in [6.45, 7) is 7.57. The van der Waals surface area contributed by atoms with E-state index in [-0.39, 0.29) is 34.0 Å². The molecule has 0 radical (unpaired) electrons. The maximum atomic E-state index is 5.22. The molecular formula is C19H26Br2N2O. The number of ether oxygens (including phenoxy) is 1. The molecule has 1 saturated heterocycles. The average molecular weight is 458 g/mol. The van der Waals surface area contributed by atoms with Crippen molar-refractivity contribution in [2.45, 2.75) is 13.5 Å². The fraction of sp³-hybridized carbons (Fsp3) is 0.368. The van der Waals surface area contributed by atoms with Gasteiger partial charge in [-0.15, -0.1) is 34.0 Å². The van der Waals surface area contributed by atoms with E-state index in [1.807, 2.05) is 12.1 Å². The van der Waals surface area contributed by atoms with E-state index in [0.717, 1.165) is 38.5 Å². The second kappa shape index (κ2) is 10.1. The van der Waals surface area contributed by atoms with Crippen molar-refractivity contribution in [3.8, 4) is 5.75 Å². The van der Waals surface area contributed by atoms with Crippen LogP contribution in [0.5, 0.6) is 5.75 Å². The van der Waals surface area contributed by atoms with Crippen LogP contribution in [-0.2, 0) is 6.54 Å². The van der Waals surface area contributed by atoms with Crippen molar-refractivity contribution in [3.63, 3.8) is 0 Å². The van der Waals surface area contributed by atoms with Crippen LogP contribution in [0.25, 0.3) is 0 Å². The maximum absolute atomic E-state index is 5.22. The summed E-state index contributed by atoms with van der Waals surface area (Å²) < 4.78 is 5.22. The lowest BCUT2D eigenvalue weighted by atomic mass is 10.1. The molecule has 0 bridgehead atoms. The minimum atomic E-state index is 0. The van der Waals surface area contributed by atoms with Crippen LogP contribution < -0.4 is 9.64 Å². The van der Waals surface area contributed by atoms with Gasteiger partial charge in [-0.2, -0.15) is 0 Å². The summed E-state index contributed by atoms with van der Waals surface area (Å²) in [5.41, 5.74) is 4.02. The summed E-state index contributed by atoms with van der Waals surface area (Å²) in [6.07, 6.45) is 0. The molecule has 0 amide bonds. The molecule has 132 valence electrons. The number of nitrogens with zero attached hydrogens (tertiary/aromatic N) is 2. The Bertz CT molecular complexity index is 594. The van der Waals surface area contributed by atoms with Crippen molar-refractivity contribution >= 4 is 39.7 Å². The monoisotopic (exact) mass is 456 g/mol. The standard InChI is InChI=1S/C19H24N2O.2BrH/c1-16-3-5-17(6-4-16)15-20-11-13-21(14-12-20)18-7-9-19(22-2)10-8-18;;/h3-10H,11-15H2,1-2H3;2*1H. The second-order valence-corrected chi connectivity index (χ2v) is 5.95.